The molecule has 0 spiro atoms. The highest BCUT2D eigenvalue weighted by molar-refractivity contribution is 6.20. The van der Waals surface area contributed by atoms with Gasteiger partial charge in [-0.05, 0) is 24.5 Å². The van der Waals surface area contributed by atoms with Gasteiger partial charge in [0.25, 0.3) is 5.91 Å². The zero-order valence-electron chi connectivity index (χ0n) is 15.7. The summed E-state index contributed by atoms with van der Waals surface area (Å²) < 4.78 is 0. The van der Waals surface area contributed by atoms with Crippen molar-refractivity contribution in [2.24, 2.45) is 10.7 Å². The number of amides is 1. The summed E-state index contributed by atoms with van der Waals surface area (Å²) in [5, 5.41) is 0. The lowest BCUT2D eigenvalue weighted by Crippen LogP contribution is -2.42. The van der Waals surface area contributed by atoms with Crippen LogP contribution in [0, 0.1) is 0 Å². The maximum Gasteiger partial charge on any atom is 0.266 e. The first kappa shape index (κ1) is 18.1. The van der Waals surface area contributed by atoms with Crippen molar-refractivity contribution >= 4 is 17.3 Å². The molecule has 4 nitrogen and oxygen atoms in total. The molecule has 1 atom stereocenters. The monoisotopic (exact) mass is 369 g/mol. The average molecular weight is 369 g/mol. The van der Waals surface area contributed by atoms with Gasteiger partial charge in [0.05, 0.1) is 11.4 Å². The van der Waals surface area contributed by atoms with Crippen LogP contribution in [0.15, 0.2) is 89.9 Å². The fourth-order valence-electron chi connectivity index (χ4n) is 3.59. The van der Waals surface area contributed by atoms with Crippen molar-refractivity contribution in [2.45, 2.75) is 19.0 Å². The number of para-hydroxylation sites is 1. The second kappa shape index (κ2) is 8.19. The van der Waals surface area contributed by atoms with Gasteiger partial charge in [0.15, 0.2) is 6.17 Å². The van der Waals surface area contributed by atoms with Crippen LogP contribution in [0.2, 0.25) is 0 Å². The van der Waals surface area contributed by atoms with Crippen LogP contribution in [0.5, 0.6) is 0 Å². The van der Waals surface area contributed by atoms with Crippen molar-refractivity contribution in [1.29, 1.82) is 0 Å². The summed E-state index contributed by atoms with van der Waals surface area (Å²) in [6.45, 7) is 0.607. The largest absolute Gasteiger partial charge is 0.309 e. The van der Waals surface area contributed by atoms with E-state index in [4.69, 9.17) is 5.73 Å². The van der Waals surface area contributed by atoms with E-state index >= 15 is 0 Å². The minimum absolute atomic E-state index is 0.161. The molecule has 0 radical (unpaired) electrons. The number of anilines is 1. The fraction of sp³-hybridized carbons (Fsp3) is 0.167. The molecule has 140 valence electrons. The van der Waals surface area contributed by atoms with Crippen LogP contribution in [0.1, 0.15) is 23.1 Å². The first-order chi connectivity index (χ1) is 13.7. The van der Waals surface area contributed by atoms with Gasteiger partial charge >= 0.3 is 0 Å². The predicted octanol–water partition coefficient (Wildman–Crippen LogP) is 3.79. The fourth-order valence-corrected chi connectivity index (χ4v) is 3.59. The number of carbonyl (C=O) groups excluding carboxylic acids is 1. The molecule has 0 bridgehead atoms. The van der Waals surface area contributed by atoms with Crippen molar-refractivity contribution in [1.82, 2.24) is 0 Å². The Labute approximate surface area is 165 Å². The van der Waals surface area contributed by atoms with E-state index in [1.54, 1.807) is 4.90 Å². The quantitative estimate of drug-likeness (QED) is 0.744. The van der Waals surface area contributed by atoms with Gasteiger partial charge in [0.2, 0.25) is 0 Å². The third-order valence-electron chi connectivity index (χ3n) is 4.97. The summed E-state index contributed by atoms with van der Waals surface area (Å²) in [6.07, 6.45) is 0.866. The Hall–Kier alpha value is -3.24. The van der Waals surface area contributed by atoms with E-state index in [1.165, 1.54) is 5.56 Å². The SMILES string of the molecule is NC1N=C(c2ccccc2)c2ccccc2N(CCCc2ccccc2)C1=O. The van der Waals surface area contributed by atoms with Crippen LogP contribution < -0.4 is 10.6 Å². The number of nitrogens with zero attached hydrogens (tertiary/aromatic N) is 2. The van der Waals surface area contributed by atoms with E-state index in [0.29, 0.717) is 6.54 Å². The Bertz CT molecular complexity index is 983. The minimum Gasteiger partial charge on any atom is -0.309 e. The molecule has 0 saturated heterocycles. The third-order valence-corrected chi connectivity index (χ3v) is 4.97. The molecule has 1 unspecified atom stereocenters. The zero-order chi connectivity index (χ0) is 19.3. The number of rotatable bonds is 5. The van der Waals surface area contributed by atoms with Crippen LogP contribution in [-0.4, -0.2) is 24.3 Å². The van der Waals surface area contributed by atoms with Gasteiger partial charge < -0.3 is 10.6 Å². The molecule has 4 heteroatoms. The summed E-state index contributed by atoms with van der Waals surface area (Å²) in [5.74, 6) is -0.161. The highest BCUT2D eigenvalue weighted by Gasteiger charge is 2.29. The number of fused-ring (bicyclic) bond motifs is 1. The van der Waals surface area contributed by atoms with Gasteiger partial charge in [-0.3, -0.25) is 9.79 Å². The lowest BCUT2D eigenvalue weighted by molar-refractivity contribution is -0.119. The van der Waals surface area contributed by atoms with Crippen LogP contribution in [0.4, 0.5) is 5.69 Å². The molecule has 0 saturated carbocycles. The van der Waals surface area contributed by atoms with E-state index in [1.807, 2.05) is 72.8 Å². The van der Waals surface area contributed by atoms with Gasteiger partial charge in [-0.25, -0.2) is 0 Å². The summed E-state index contributed by atoms with van der Waals surface area (Å²) >= 11 is 0. The molecule has 1 heterocycles. The summed E-state index contributed by atoms with van der Waals surface area (Å²) in [5.41, 5.74) is 11.0. The Morgan fingerprint density at radius 1 is 0.857 bits per heavy atom. The molecule has 3 aromatic carbocycles. The topological polar surface area (TPSA) is 58.7 Å². The molecule has 0 aliphatic carbocycles. The number of hydrogen-bond acceptors (Lipinski definition) is 3. The molecule has 28 heavy (non-hydrogen) atoms. The minimum atomic E-state index is -0.903. The summed E-state index contributed by atoms with van der Waals surface area (Å²) in [6, 6.07) is 28.1. The molecule has 1 amide bonds. The number of aliphatic imine (C=N–C) groups is 1. The Balaban J connectivity index is 1.65. The van der Waals surface area contributed by atoms with Crippen molar-refractivity contribution < 1.29 is 4.79 Å². The number of hydrogen-bond donors (Lipinski definition) is 1. The van der Waals surface area contributed by atoms with Gasteiger partial charge in [0.1, 0.15) is 0 Å². The molecule has 2 N–H and O–H groups in total. The van der Waals surface area contributed by atoms with E-state index in [0.717, 1.165) is 35.4 Å². The molecule has 1 aliphatic heterocycles. The van der Waals surface area contributed by atoms with Gasteiger partial charge in [-0.15, -0.1) is 0 Å². The standard InChI is InChI=1S/C24H23N3O/c25-23-24(28)27(17-9-12-18-10-3-1-4-11-18)21-16-8-7-15-20(21)22(26-23)19-13-5-2-6-14-19/h1-8,10-11,13-16,23H,9,12,17,25H2. The second-order valence-corrected chi connectivity index (χ2v) is 6.88. The number of benzodiazepines with no additional fused rings is 1. The van der Waals surface area contributed by atoms with E-state index < -0.39 is 6.17 Å². The predicted molar refractivity (Wildman–Crippen MR) is 114 cm³/mol. The Morgan fingerprint density at radius 2 is 1.50 bits per heavy atom. The lowest BCUT2D eigenvalue weighted by Gasteiger charge is -2.24. The normalized spacial score (nSPS) is 16.3. The maximum atomic E-state index is 13.0. The van der Waals surface area contributed by atoms with E-state index in [2.05, 4.69) is 17.1 Å². The van der Waals surface area contributed by atoms with E-state index in [9.17, 15) is 4.79 Å². The molecule has 1 aliphatic rings. The van der Waals surface area contributed by atoms with Gasteiger partial charge in [-0.2, -0.15) is 0 Å². The van der Waals surface area contributed by atoms with Gasteiger partial charge in [-0.1, -0.05) is 78.9 Å². The third kappa shape index (κ3) is 3.73. The highest BCUT2D eigenvalue weighted by atomic mass is 16.2. The smallest absolute Gasteiger partial charge is 0.266 e. The lowest BCUT2D eigenvalue weighted by atomic mass is 10.00. The van der Waals surface area contributed by atoms with Crippen LogP contribution in [0.25, 0.3) is 0 Å². The Morgan fingerprint density at radius 3 is 2.25 bits per heavy atom. The van der Waals surface area contributed by atoms with Crippen molar-refractivity contribution in [3.63, 3.8) is 0 Å². The molecular formula is C24H23N3O. The zero-order valence-corrected chi connectivity index (χ0v) is 15.7. The maximum absolute atomic E-state index is 13.0. The average Bonchev–Trinajstić information content (AvgIpc) is 2.85. The van der Waals surface area contributed by atoms with Crippen molar-refractivity contribution in [3.8, 4) is 0 Å². The number of carbonyl (C=O) groups is 1. The van der Waals surface area contributed by atoms with Gasteiger partial charge in [0, 0.05) is 17.7 Å². The molecule has 0 fully saturated rings. The second-order valence-electron chi connectivity index (χ2n) is 6.88. The molecule has 3 aromatic rings. The van der Waals surface area contributed by atoms with Crippen LogP contribution >= 0.6 is 0 Å². The molecular weight excluding hydrogens is 346 g/mol. The first-order valence-electron chi connectivity index (χ1n) is 9.57. The number of aryl methyl sites for hydroxylation is 1. The van der Waals surface area contributed by atoms with Crippen molar-refractivity contribution in [2.75, 3.05) is 11.4 Å². The van der Waals surface area contributed by atoms with E-state index in [-0.39, 0.29) is 5.91 Å². The summed E-state index contributed by atoms with van der Waals surface area (Å²) in [7, 11) is 0. The van der Waals surface area contributed by atoms with Crippen LogP contribution in [0.3, 0.4) is 0 Å². The molecule has 0 aromatic heterocycles. The first-order valence-corrected chi connectivity index (χ1v) is 9.57. The molecule has 4 rings (SSSR count). The Kier molecular flexibility index (Phi) is 5.31. The number of nitrogens with two attached hydrogens (primary N) is 1. The van der Waals surface area contributed by atoms with Crippen LogP contribution in [-0.2, 0) is 11.2 Å². The summed E-state index contributed by atoms with van der Waals surface area (Å²) in [4.78, 5) is 19.4. The highest BCUT2D eigenvalue weighted by Crippen LogP contribution is 2.28. The number of benzene rings is 3. The van der Waals surface area contributed by atoms with Crippen molar-refractivity contribution in [3.05, 3.63) is 102 Å².